The van der Waals surface area contributed by atoms with Crippen molar-refractivity contribution in [2.24, 2.45) is 0 Å². The molecule has 340 valence electrons. The molecule has 0 aliphatic rings. The Balaban J connectivity index is 1.56. The van der Waals surface area contributed by atoms with Crippen molar-refractivity contribution in [2.75, 3.05) is 55.5 Å². The summed E-state index contributed by atoms with van der Waals surface area (Å²) in [7, 11) is 0. The lowest BCUT2D eigenvalue weighted by atomic mass is 10.0. The van der Waals surface area contributed by atoms with Crippen molar-refractivity contribution >= 4 is 22.7 Å². The molecule has 7 heteroatoms. The maximum absolute atomic E-state index is 10.7. The Morgan fingerprint density at radius 1 is 0.407 bits per heavy atom. The van der Waals surface area contributed by atoms with Gasteiger partial charge in [-0.25, -0.2) is 0 Å². The molecule has 0 radical (unpaired) electrons. The van der Waals surface area contributed by atoms with Crippen molar-refractivity contribution in [3.63, 3.8) is 0 Å². The van der Waals surface area contributed by atoms with Gasteiger partial charge < -0.3 is 35.6 Å². The zero-order valence-corrected chi connectivity index (χ0v) is 38.4. The maximum Gasteiger partial charge on any atom is 0.0945 e. The molecule has 0 bridgehead atoms. The van der Waals surface area contributed by atoms with E-state index in [0.717, 1.165) is 35.6 Å². The van der Waals surface area contributed by atoms with Crippen molar-refractivity contribution in [2.45, 2.75) is 219 Å². The fraction of sp³-hybridized carbons (Fsp3) is 0.769. The highest BCUT2D eigenvalue weighted by Gasteiger charge is 2.11. The number of unbranched alkanes of at least 4 members (excludes halogenated alkanes) is 28. The Morgan fingerprint density at radius 2 is 0.763 bits per heavy atom. The summed E-state index contributed by atoms with van der Waals surface area (Å²) in [5, 5.41) is 31.7. The summed E-state index contributed by atoms with van der Waals surface area (Å²) in [4.78, 5) is 0. The summed E-state index contributed by atoms with van der Waals surface area (Å²) in [6, 6.07) is 16.2. The predicted octanol–water partition coefficient (Wildman–Crippen LogP) is 14.8. The van der Waals surface area contributed by atoms with Crippen molar-refractivity contribution in [1.82, 2.24) is 0 Å². The van der Waals surface area contributed by atoms with Gasteiger partial charge in [0, 0.05) is 37.7 Å². The molecule has 5 N–H and O–H groups in total. The van der Waals surface area contributed by atoms with E-state index in [1.54, 1.807) is 0 Å². The molecular formula is C52H93N3O4. The van der Waals surface area contributed by atoms with Crippen LogP contribution in [0.1, 0.15) is 206 Å². The smallest absolute Gasteiger partial charge is 0.0945 e. The van der Waals surface area contributed by atoms with Crippen LogP contribution in [0.25, 0.3) is 0 Å². The highest BCUT2D eigenvalue weighted by molar-refractivity contribution is 5.76. The second-order valence-corrected chi connectivity index (χ2v) is 17.4. The lowest BCUT2D eigenvalue weighted by Crippen LogP contribution is -2.27. The van der Waals surface area contributed by atoms with E-state index < -0.39 is 12.2 Å². The van der Waals surface area contributed by atoms with Crippen LogP contribution in [0.2, 0.25) is 0 Å². The Bertz CT molecular complexity index is 1170. The zero-order chi connectivity index (χ0) is 42.1. The van der Waals surface area contributed by atoms with E-state index in [1.807, 2.05) is 48.5 Å². The Kier molecular flexibility index (Phi) is 35.6. The first-order valence-corrected chi connectivity index (χ1v) is 25.1. The largest absolute Gasteiger partial charge is 0.389 e. The fourth-order valence-corrected chi connectivity index (χ4v) is 7.77. The summed E-state index contributed by atoms with van der Waals surface area (Å²) in [6.07, 6.45) is 39.2. The standard InChI is InChI=1S/C52H93N3O4/c1-3-5-7-9-11-13-15-17-19-21-23-25-27-29-34-40-58-45-49(56)43-53-51-39-38-48(55-47-36-32-31-33-37-47)42-52(51)54-44-50(57)46-59-41-35-30-28-26-24-22-20-18-16-14-12-10-8-6-4-2/h31-33,36-39,42,49-50,53-57H,3-30,34-35,40-41,43-46H2,1-2H3. The molecule has 0 amide bonds. The number of aliphatic hydroxyl groups excluding tert-OH is 2. The van der Waals surface area contributed by atoms with Crippen LogP contribution >= 0.6 is 0 Å². The lowest BCUT2D eigenvalue weighted by Gasteiger charge is -2.20. The van der Waals surface area contributed by atoms with Crippen LogP contribution in [0.3, 0.4) is 0 Å². The van der Waals surface area contributed by atoms with Crippen LogP contribution in [0.4, 0.5) is 22.7 Å². The van der Waals surface area contributed by atoms with Crippen molar-refractivity contribution in [3.05, 3.63) is 48.5 Å². The summed E-state index contributed by atoms with van der Waals surface area (Å²) in [5.74, 6) is 0. The van der Waals surface area contributed by atoms with Crippen molar-refractivity contribution in [3.8, 4) is 0 Å². The van der Waals surface area contributed by atoms with Gasteiger partial charge in [-0.1, -0.05) is 212 Å². The number of rotatable bonds is 44. The number of anilines is 4. The lowest BCUT2D eigenvalue weighted by molar-refractivity contribution is 0.0414. The third-order valence-corrected chi connectivity index (χ3v) is 11.5. The highest BCUT2D eigenvalue weighted by Crippen LogP contribution is 2.28. The van der Waals surface area contributed by atoms with E-state index >= 15 is 0 Å². The third kappa shape index (κ3) is 32.1. The second kappa shape index (κ2) is 39.8. The van der Waals surface area contributed by atoms with Gasteiger partial charge in [0.2, 0.25) is 0 Å². The molecule has 0 fully saturated rings. The number of hydrogen-bond donors (Lipinski definition) is 5. The Hall–Kier alpha value is -2.32. The average Bonchev–Trinajstić information content (AvgIpc) is 3.25. The van der Waals surface area contributed by atoms with E-state index in [2.05, 4.69) is 29.8 Å². The summed E-state index contributed by atoms with van der Waals surface area (Å²) < 4.78 is 11.7. The molecular weight excluding hydrogens is 731 g/mol. The Morgan fingerprint density at radius 3 is 1.15 bits per heavy atom. The molecule has 2 atom stereocenters. The van der Waals surface area contributed by atoms with Gasteiger partial charge in [0.25, 0.3) is 0 Å². The molecule has 2 aromatic rings. The number of para-hydroxylation sites is 1. The molecule has 0 aliphatic heterocycles. The molecule has 0 spiro atoms. The van der Waals surface area contributed by atoms with Crippen LogP contribution in [-0.2, 0) is 9.47 Å². The first kappa shape index (κ1) is 52.8. The first-order valence-electron chi connectivity index (χ1n) is 25.1. The molecule has 2 unspecified atom stereocenters. The van der Waals surface area contributed by atoms with Crippen LogP contribution in [-0.4, -0.2) is 61.9 Å². The average molecular weight is 824 g/mol. The fourth-order valence-electron chi connectivity index (χ4n) is 7.77. The number of ether oxygens (including phenoxy) is 2. The number of benzene rings is 2. The van der Waals surface area contributed by atoms with Gasteiger partial charge in [0.1, 0.15) is 0 Å². The van der Waals surface area contributed by atoms with Gasteiger partial charge in [-0.05, 0) is 43.2 Å². The Labute approximate surface area is 364 Å². The van der Waals surface area contributed by atoms with Crippen molar-refractivity contribution in [1.29, 1.82) is 0 Å². The number of nitrogens with one attached hydrogen (secondary N) is 3. The highest BCUT2D eigenvalue weighted by atomic mass is 16.5. The van der Waals surface area contributed by atoms with Gasteiger partial charge in [-0.2, -0.15) is 0 Å². The van der Waals surface area contributed by atoms with Crippen LogP contribution in [0.15, 0.2) is 48.5 Å². The van der Waals surface area contributed by atoms with Gasteiger partial charge >= 0.3 is 0 Å². The van der Waals surface area contributed by atoms with E-state index in [9.17, 15) is 10.2 Å². The van der Waals surface area contributed by atoms with Crippen LogP contribution in [0.5, 0.6) is 0 Å². The predicted molar refractivity (Wildman–Crippen MR) is 257 cm³/mol. The maximum atomic E-state index is 10.7. The molecule has 0 saturated heterocycles. The normalized spacial score (nSPS) is 12.5. The molecule has 0 saturated carbocycles. The topological polar surface area (TPSA) is 95.0 Å². The van der Waals surface area contributed by atoms with E-state index in [-0.39, 0.29) is 0 Å². The van der Waals surface area contributed by atoms with E-state index in [1.165, 1.54) is 180 Å². The summed E-state index contributed by atoms with van der Waals surface area (Å²) in [6.45, 7) is 7.33. The van der Waals surface area contributed by atoms with Gasteiger partial charge in [-0.15, -0.1) is 0 Å². The summed E-state index contributed by atoms with van der Waals surface area (Å²) in [5.41, 5.74) is 3.68. The SMILES string of the molecule is CCCCCCCCCCCCCCCCCOCC(O)CNc1ccc(Nc2ccccc2)cc1NCC(O)COCCCCCCCCCCCCCCCCC. The minimum Gasteiger partial charge on any atom is -0.389 e. The first-order chi connectivity index (χ1) is 29.1. The zero-order valence-electron chi connectivity index (χ0n) is 38.4. The van der Waals surface area contributed by atoms with Crippen molar-refractivity contribution < 1.29 is 19.7 Å². The van der Waals surface area contributed by atoms with Gasteiger partial charge in [0.05, 0.1) is 36.8 Å². The molecule has 0 aromatic heterocycles. The number of hydrogen-bond acceptors (Lipinski definition) is 7. The van der Waals surface area contributed by atoms with Crippen LogP contribution < -0.4 is 16.0 Å². The molecule has 59 heavy (non-hydrogen) atoms. The number of aliphatic hydroxyl groups is 2. The van der Waals surface area contributed by atoms with E-state index in [4.69, 9.17) is 9.47 Å². The summed E-state index contributed by atoms with van der Waals surface area (Å²) >= 11 is 0. The minimum absolute atomic E-state index is 0.311. The third-order valence-electron chi connectivity index (χ3n) is 11.5. The molecule has 0 aliphatic carbocycles. The van der Waals surface area contributed by atoms with E-state index in [0.29, 0.717) is 39.5 Å². The van der Waals surface area contributed by atoms with Gasteiger partial charge in [0.15, 0.2) is 0 Å². The molecule has 7 nitrogen and oxygen atoms in total. The monoisotopic (exact) mass is 824 g/mol. The molecule has 2 rings (SSSR count). The second-order valence-electron chi connectivity index (χ2n) is 17.4. The quantitative estimate of drug-likeness (QED) is 0.0425. The molecule has 0 heterocycles. The molecule has 2 aromatic carbocycles. The van der Waals surface area contributed by atoms with Crippen LogP contribution in [0, 0.1) is 0 Å². The minimum atomic E-state index is -0.622. The van der Waals surface area contributed by atoms with Gasteiger partial charge in [-0.3, -0.25) is 0 Å².